The van der Waals surface area contributed by atoms with Gasteiger partial charge in [-0.05, 0) is 43.0 Å². The number of amides is 2. The minimum absolute atomic E-state index is 0.0176. The molecule has 2 heterocycles. The van der Waals surface area contributed by atoms with E-state index in [0.29, 0.717) is 5.56 Å². The predicted molar refractivity (Wildman–Crippen MR) is 121 cm³/mol. The van der Waals surface area contributed by atoms with Crippen molar-refractivity contribution >= 4 is 63.0 Å². The molecule has 7 nitrogen and oxygen atoms in total. The molecule has 3 rings (SSSR count). The summed E-state index contributed by atoms with van der Waals surface area (Å²) in [7, 11) is -1.58. The highest BCUT2D eigenvalue weighted by atomic mass is 35.5. The zero-order valence-corrected chi connectivity index (χ0v) is 19.8. The number of pyridine rings is 1. The molecular weight excluding hydrogens is 526 g/mol. The summed E-state index contributed by atoms with van der Waals surface area (Å²) in [6.45, 7) is 1.59. The standard InChI is InChI=1S/C19H13Cl3F3N5O2S/c1-9-6-10(20)7-13(33(2)29-18(32)19(23,24)25)15(9)27-17(31)12-8-14(22)28-30(12)16-11(21)4-3-5-26-16/h3-8H,1-2H3,(H,27,31). The molecule has 0 saturated carbocycles. The first-order chi connectivity index (χ1) is 15.4. The third-order valence-electron chi connectivity index (χ3n) is 4.14. The van der Waals surface area contributed by atoms with Gasteiger partial charge < -0.3 is 5.32 Å². The smallest absolute Gasteiger partial charge is 0.319 e. The van der Waals surface area contributed by atoms with Crippen molar-refractivity contribution in [3.8, 4) is 5.82 Å². The summed E-state index contributed by atoms with van der Waals surface area (Å²) in [6, 6.07) is 7.25. The lowest BCUT2D eigenvalue weighted by Gasteiger charge is -2.16. The fourth-order valence-electron chi connectivity index (χ4n) is 2.72. The molecule has 33 heavy (non-hydrogen) atoms. The number of halogens is 6. The van der Waals surface area contributed by atoms with Crippen molar-refractivity contribution in [2.24, 2.45) is 4.36 Å². The van der Waals surface area contributed by atoms with E-state index in [-0.39, 0.29) is 37.3 Å². The third kappa shape index (κ3) is 5.72. The summed E-state index contributed by atoms with van der Waals surface area (Å²) in [5, 5.41) is 7.04. The van der Waals surface area contributed by atoms with E-state index in [1.54, 1.807) is 19.1 Å². The maximum absolute atomic E-state index is 13.1. The van der Waals surface area contributed by atoms with E-state index in [1.165, 1.54) is 30.7 Å². The van der Waals surface area contributed by atoms with E-state index in [4.69, 9.17) is 34.8 Å². The van der Waals surface area contributed by atoms with Crippen LogP contribution in [0.5, 0.6) is 0 Å². The number of hydrogen-bond acceptors (Lipinski definition) is 4. The van der Waals surface area contributed by atoms with Crippen molar-refractivity contribution in [2.45, 2.75) is 18.0 Å². The Morgan fingerprint density at radius 1 is 1.18 bits per heavy atom. The molecule has 0 aliphatic carbocycles. The molecule has 1 unspecified atom stereocenters. The van der Waals surface area contributed by atoms with E-state index in [9.17, 15) is 22.8 Å². The van der Waals surface area contributed by atoms with Gasteiger partial charge in [-0.25, -0.2) is 9.67 Å². The van der Waals surface area contributed by atoms with Gasteiger partial charge in [0.1, 0.15) is 5.69 Å². The van der Waals surface area contributed by atoms with Crippen molar-refractivity contribution in [1.29, 1.82) is 0 Å². The largest absolute Gasteiger partial charge is 0.474 e. The first-order valence-corrected chi connectivity index (χ1v) is 11.6. The first kappa shape index (κ1) is 25.2. The van der Waals surface area contributed by atoms with Gasteiger partial charge in [0, 0.05) is 22.2 Å². The Morgan fingerprint density at radius 3 is 2.52 bits per heavy atom. The van der Waals surface area contributed by atoms with E-state index in [1.807, 2.05) is 0 Å². The Labute approximate surface area is 203 Å². The lowest BCUT2D eigenvalue weighted by Crippen LogP contribution is -2.21. The Hall–Kier alpha value is -2.47. The van der Waals surface area contributed by atoms with Gasteiger partial charge in [-0.15, -0.1) is 0 Å². The van der Waals surface area contributed by atoms with Crippen molar-refractivity contribution in [3.05, 3.63) is 63.0 Å². The van der Waals surface area contributed by atoms with Crippen molar-refractivity contribution < 1.29 is 22.8 Å². The summed E-state index contributed by atoms with van der Waals surface area (Å²) in [6.07, 6.45) is -2.37. The van der Waals surface area contributed by atoms with E-state index in [0.717, 1.165) is 4.68 Å². The Bertz CT molecular complexity index is 1290. The molecule has 1 aromatic carbocycles. The molecule has 0 aliphatic heterocycles. The summed E-state index contributed by atoms with van der Waals surface area (Å²) < 4.78 is 42.4. The molecule has 0 fully saturated rings. The Balaban J connectivity index is 2.05. The number of rotatable bonds is 4. The number of hydrogen-bond donors (Lipinski definition) is 1. The van der Waals surface area contributed by atoms with Gasteiger partial charge in [0.05, 0.1) is 10.7 Å². The van der Waals surface area contributed by atoms with Gasteiger partial charge in [0.25, 0.3) is 5.91 Å². The molecule has 0 bridgehead atoms. The number of aryl methyl sites for hydroxylation is 1. The molecular formula is C19H13Cl3F3N5O2S. The molecule has 2 amide bonds. The van der Waals surface area contributed by atoms with Gasteiger partial charge in [-0.2, -0.15) is 22.6 Å². The number of aromatic nitrogens is 3. The third-order valence-corrected chi connectivity index (χ3v) is 6.23. The van der Waals surface area contributed by atoms with Crippen LogP contribution in [0, 0.1) is 6.92 Å². The fraction of sp³-hybridized carbons (Fsp3) is 0.158. The highest BCUT2D eigenvalue weighted by molar-refractivity contribution is 7.87. The van der Waals surface area contributed by atoms with Crippen LogP contribution in [0.1, 0.15) is 16.1 Å². The second-order valence-corrected chi connectivity index (χ2v) is 9.30. The minimum atomic E-state index is -5.12. The molecule has 1 atom stereocenters. The van der Waals surface area contributed by atoms with Crippen LogP contribution in [-0.2, 0) is 15.5 Å². The summed E-state index contributed by atoms with van der Waals surface area (Å²) >= 11 is 18.2. The number of alkyl halides is 3. The van der Waals surface area contributed by atoms with Crippen LogP contribution in [0.4, 0.5) is 18.9 Å². The lowest BCUT2D eigenvalue weighted by molar-refractivity contribution is -0.169. The molecule has 0 spiro atoms. The molecule has 2 aromatic heterocycles. The number of carbonyl (C=O) groups excluding carboxylic acids is 2. The van der Waals surface area contributed by atoms with Gasteiger partial charge in [-0.3, -0.25) is 9.59 Å². The second-order valence-electron chi connectivity index (χ2n) is 6.50. The van der Waals surface area contributed by atoms with Crippen molar-refractivity contribution in [1.82, 2.24) is 14.8 Å². The van der Waals surface area contributed by atoms with Crippen LogP contribution < -0.4 is 5.32 Å². The number of nitrogens with zero attached hydrogens (tertiary/aromatic N) is 4. The molecule has 0 aliphatic rings. The number of carbonyl (C=O) groups is 2. The van der Waals surface area contributed by atoms with Crippen LogP contribution in [-0.4, -0.2) is 39.0 Å². The zero-order valence-electron chi connectivity index (χ0n) is 16.7. The maximum Gasteiger partial charge on any atom is 0.474 e. The molecule has 174 valence electrons. The minimum Gasteiger partial charge on any atom is -0.319 e. The first-order valence-electron chi connectivity index (χ1n) is 8.85. The topological polar surface area (TPSA) is 89.2 Å². The average molecular weight is 539 g/mol. The summed E-state index contributed by atoms with van der Waals surface area (Å²) in [5.74, 6) is -2.80. The average Bonchev–Trinajstić information content (AvgIpc) is 3.10. The zero-order chi connectivity index (χ0) is 24.5. The van der Waals surface area contributed by atoms with Crippen LogP contribution in [0.3, 0.4) is 0 Å². The highest BCUT2D eigenvalue weighted by Gasteiger charge is 2.39. The fourth-order valence-corrected chi connectivity index (χ4v) is 4.69. The normalized spacial score (nSPS) is 12.6. The van der Waals surface area contributed by atoms with Gasteiger partial charge in [0.15, 0.2) is 11.0 Å². The Morgan fingerprint density at radius 2 is 1.88 bits per heavy atom. The van der Waals surface area contributed by atoms with Crippen LogP contribution in [0.2, 0.25) is 15.2 Å². The van der Waals surface area contributed by atoms with Crippen molar-refractivity contribution in [3.63, 3.8) is 0 Å². The van der Waals surface area contributed by atoms with Crippen LogP contribution >= 0.6 is 34.8 Å². The highest BCUT2D eigenvalue weighted by Crippen LogP contribution is 2.31. The maximum atomic E-state index is 13.1. The van der Waals surface area contributed by atoms with Crippen LogP contribution in [0.15, 0.2) is 45.8 Å². The SMILES string of the molecule is Cc1cc(Cl)cc(/S(C)=N/C(=O)C(F)(F)F)c1NC(=O)c1cc(Cl)nn1-c1ncccc1Cl. The number of benzene rings is 1. The van der Waals surface area contributed by atoms with Gasteiger partial charge in [0.2, 0.25) is 0 Å². The monoisotopic (exact) mass is 537 g/mol. The number of nitrogens with one attached hydrogen (secondary N) is 1. The summed E-state index contributed by atoms with van der Waals surface area (Å²) in [5.41, 5.74) is 0.540. The van der Waals surface area contributed by atoms with Gasteiger partial charge >= 0.3 is 12.1 Å². The predicted octanol–water partition coefficient (Wildman–Crippen LogP) is 5.67. The molecule has 3 aromatic rings. The Kier molecular flexibility index (Phi) is 7.47. The van der Waals surface area contributed by atoms with E-state index in [2.05, 4.69) is 19.8 Å². The lowest BCUT2D eigenvalue weighted by atomic mass is 10.2. The van der Waals surface area contributed by atoms with Gasteiger partial charge in [-0.1, -0.05) is 45.5 Å². The molecule has 1 N–H and O–H groups in total. The van der Waals surface area contributed by atoms with E-state index < -0.39 is 28.7 Å². The molecule has 0 saturated heterocycles. The quantitative estimate of drug-likeness (QED) is 0.464. The molecule has 0 radical (unpaired) electrons. The van der Waals surface area contributed by atoms with E-state index >= 15 is 0 Å². The number of anilines is 1. The van der Waals surface area contributed by atoms with Crippen LogP contribution in [0.25, 0.3) is 5.82 Å². The molecule has 14 heteroatoms. The summed E-state index contributed by atoms with van der Waals surface area (Å²) in [4.78, 5) is 28.7. The van der Waals surface area contributed by atoms with Crippen molar-refractivity contribution in [2.75, 3.05) is 11.6 Å². The second kappa shape index (κ2) is 9.80.